The Morgan fingerprint density at radius 1 is 0.667 bits per heavy atom. The molecule has 0 amide bonds. The highest BCUT2D eigenvalue weighted by Crippen LogP contribution is 2.15. The fourth-order valence-corrected chi connectivity index (χ4v) is 2.08. The molecule has 0 aromatic heterocycles. The average Bonchev–Trinajstić information content (AvgIpc) is 2.41. The molecule has 2 atom stereocenters. The molecule has 0 saturated carbocycles. The second-order valence-corrected chi connectivity index (χ2v) is 5.40. The van der Waals surface area contributed by atoms with Crippen molar-refractivity contribution in [3.63, 3.8) is 0 Å². The number of hydrogen-bond acceptors (Lipinski definition) is 2. The molecule has 0 aromatic rings. The van der Waals surface area contributed by atoms with Crippen molar-refractivity contribution < 1.29 is 9.78 Å². The molecule has 0 N–H and O–H groups in total. The van der Waals surface area contributed by atoms with E-state index in [1.165, 1.54) is 51.4 Å². The lowest BCUT2D eigenvalue weighted by Crippen LogP contribution is -2.13. The van der Waals surface area contributed by atoms with Crippen molar-refractivity contribution >= 4 is 0 Å². The van der Waals surface area contributed by atoms with Gasteiger partial charge in [0.1, 0.15) is 0 Å². The van der Waals surface area contributed by atoms with Crippen LogP contribution in [0.15, 0.2) is 0 Å². The minimum atomic E-state index is 0.667. The van der Waals surface area contributed by atoms with Crippen molar-refractivity contribution in [3.8, 4) is 0 Å². The SMILES string of the molecule is CCCCC(CC)COOCC(CC)CCCC. The molecule has 110 valence electrons. The van der Waals surface area contributed by atoms with Gasteiger partial charge in [-0.3, -0.25) is 0 Å². The van der Waals surface area contributed by atoms with Crippen LogP contribution in [0, 0.1) is 11.8 Å². The van der Waals surface area contributed by atoms with Gasteiger partial charge in [-0.05, 0) is 24.7 Å². The average molecular weight is 258 g/mol. The summed E-state index contributed by atoms with van der Waals surface area (Å²) in [5, 5.41) is 0. The number of unbranched alkanes of at least 4 members (excludes halogenated alkanes) is 2. The lowest BCUT2D eigenvalue weighted by Gasteiger charge is -2.16. The maximum Gasteiger partial charge on any atom is 0.0850 e. The summed E-state index contributed by atoms with van der Waals surface area (Å²) in [6.45, 7) is 10.5. The molecule has 18 heavy (non-hydrogen) atoms. The molecule has 0 rings (SSSR count). The first-order chi connectivity index (χ1) is 8.78. The van der Waals surface area contributed by atoms with E-state index in [9.17, 15) is 0 Å². The molecule has 0 spiro atoms. The van der Waals surface area contributed by atoms with Gasteiger partial charge in [0.05, 0.1) is 13.2 Å². The van der Waals surface area contributed by atoms with Crippen molar-refractivity contribution in [1.82, 2.24) is 0 Å². The predicted molar refractivity (Wildman–Crippen MR) is 78.5 cm³/mol. The first-order valence-corrected chi connectivity index (χ1v) is 8.02. The minimum Gasteiger partial charge on any atom is -0.236 e. The molecule has 0 heterocycles. The molecule has 0 saturated heterocycles. The second kappa shape index (κ2) is 13.4. The zero-order chi connectivity index (χ0) is 13.6. The van der Waals surface area contributed by atoms with Crippen molar-refractivity contribution in [1.29, 1.82) is 0 Å². The summed E-state index contributed by atoms with van der Waals surface area (Å²) in [6, 6.07) is 0. The predicted octanol–water partition coefficient (Wildman–Crippen LogP) is 5.37. The van der Waals surface area contributed by atoms with Crippen molar-refractivity contribution in [2.75, 3.05) is 13.2 Å². The van der Waals surface area contributed by atoms with E-state index < -0.39 is 0 Å². The Labute approximate surface area is 114 Å². The van der Waals surface area contributed by atoms with Crippen LogP contribution >= 0.6 is 0 Å². The van der Waals surface area contributed by atoms with Crippen LogP contribution in [0.1, 0.15) is 79.1 Å². The summed E-state index contributed by atoms with van der Waals surface area (Å²) in [7, 11) is 0. The lowest BCUT2D eigenvalue weighted by molar-refractivity contribution is -0.308. The Morgan fingerprint density at radius 3 is 1.33 bits per heavy atom. The third kappa shape index (κ3) is 9.90. The van der Waals surface area contributed by atoms with Gasteiger partial charge in [-0.2, -0.15) is 0 Å². The van der Waals surface area contributed by atoms with Crippen LogP contribution in [0.3, 0.4) is 0 Å². The van der Waals surface area contributed by atoms with Gasteiger partial charge in [0.25, 0.3) is 0 Å². The largest absolute Gasteiger partial charge is 0.236 e. The van der Waals surface area contributed by atoms with Crippen molar-refractivity contribution in [2.45, 2.75) is 79.1 Å². The van der Waals surface area contributed by atoms with E-state index in [-0.39, 0.29) is 0 Å². The van der Waals surface area contributed by atoms with Crippen LogP contribution in [-0.4, -0.2) is 13.2 Å². The third-order valence-corrected chi connectivity index (χ3v) is 3.78. The van der Waals surface area contributed by atoms with E-state index in [1.54, 1.807) is 0 Å². The van der Waals surface area contributed by atoms with Gasteiger partial charge >= 0.3 is 0 Å². The molecule has 0 aromatic carbocycles. The fraction of sp³-hybridized carbons (Fsp3) is 1.00. The highest BCUT2D eigenvalue weighted by atomic mass is 17.2. The fourth-order valence-electron chi connectivity index (χ4n) is 2.08. The van der Waals surface area contributed by atoms with E-state index >= 15 is 0 Å². The molecule has 0 bridgehead atoms. The molecule has 2 heteroatoms. The first kappa shape index (κ1) is 17.9. The Morgan fingerprint density at radius 2 is 1.06 bits per heavy atom. The van der Waals surface area contributed by atoms with Crippen LogP contribution in [-0.2, 0) is 9.78 Å². The Bertz CT molecular complexity index is 141. The molecule has 0 aliphatic heterocycles. The Hall–Kier alpha value is -0.0800. The molecule has 0 aliphatic rings. The van der Waals surface area contributed by atoms with E-state index in [1.807, 2.05) is 0 Å². The maximum absolute atomic E-state index is 5.40. The topological polar surface area (TPSA) is 18.5 Å². The minimum absolute atomic E-state index is 0.667. The first-order valence-electron chi connectivity index (χ1n) is 8.02. The van der Waals surface area contributed by atoms with Crippen molar-refractivity contribution in [3.05, 3.63) is 0 Å². The normalized spacial score (nSPS) is 14.7. The summed E-state index contributed by atoms with van der Waals surface area (Å²) >= 11 is 0. The van der Waals surface area contributed by atoms with Crippen LogP contribution in [0.4, 0.5) is 0 Å². The highest BCUT2D eigenvalue weighted by Gasteiger charge is 2.09. The van der Waals surface area contributed by atoms with Gasteiger partial charge < -0.3 is 0 Å². The van der Waals surface area contributed by atoms with Gasteiger partial charge in [-0.1, -0.05) is 66.2 Å². The van der Waals surface area contributed by atoms with E-state index in [0.29, 0.717) is 11.8 Å². The van der Waals surface area contributed by atoms with Crippen LogP contribution in [0.2, 0.25) is 0 Å². The molecule has 0 aliphatic carbocycles. The van der Waals surface area contributed by atoms with Crippen LogP contribution in [0.5, 0.6) is 0 Å². The molecular weight excluding hydrogens is 224 g/mol. The molecule has 0 radical (unpaired) electrons. The van der Waals surface area contributed by atoms with E-state index in [2.05, 4.69) is 27.7 Å². The molecule has 2 unspecified atom stereocenters. The van der Waals surface area contributed by atoms with Crippen molar-refractivity contribution in [2.24, 2.45) is 11.8 Å². The zero-order valence-electron chi connectivity index (χ0n) is 13.0. The van der Waals surface area contributed by atoms with E-state index in [0.717, 1.165) is 13.2 Å². The van der Waals surface area contributed by atoms with Gasteiger partial charge in [-0.25, -0.2) is 9.78 Å². The summed E-state index contributed by atoms with van der Waals surface area (Å²) in [6.07, 6.45) is 10.1. The Balaban J connectivity index is 3.55. The quantitative estimate of drug-likeness (QED) is 0.251. The monoisotopic (exact) mass is 258 g/mol. The van der Waals surface area contributed by atoms with Gasteiger partial charge in [-0.15, -0.1) is 0 Å². The lowest BCUT2D eigenvalue weighted by atomic mass is 10.0. The molecule has 2 nitrogen and oxygen atoms in total. The van der Waals surface area contributed by atoms with Crippen LogP contribution in [0.25, 0.3) is 0 Å². The summed E-state index contributed by atoms with van der Waals surface area (Å²) in [5.41, 5.74) is 0. The summed E-state index contributed by atoms with van der Waals surface area (Å²) in [4.78, 5) is 10.8. The Kier molecular flexibility index (Phi) is 13.3. The maximum atomic E-state index is 5.40. The van der Waals surface area contributed by atoms with E-state index in [4.69, 9.17) is 9.78 Å². The number of hydrogen-bond donors (Lipinski definition) is 0. The standard InChI is InChI=1S/C16H34O2/c1-5-9-11-15(7-3)13-17-18-14-16(8-4)12-10-6-2/h15-16H,5-14H2,1-4H3. The zero-order valence-corrected chi connectivity index (χ0v) is 13.0. The smallest absolute Gasteiger partial charge is 0.0850 e. The van der Waals surface area contributed by atoms with Crippen LogP contribution < -0.4 is 0 Å². The number of rotatable bonds is 13. The molecule has 0 fully saturated rings. The molecular formula is C16H34O2. The third-order valence-electron chi connectivity index (χ3n) is 3.78. The highest BCUT2D eigenvalue weighted by molar-refractivity contribution is 4.56. The summed E-state index contributed by atoms with van der Waals surface area (Å²) in [5.74, 6) is 1.33. The van der Waals surface area contributed by atoms with Gasteiger partial charge in [0.15, 0.2) is 0 Å². The van der Waals surface area contributed by atoms with Gasteiger partial charge in [0, 0.05) is 0 Å². The van der Waals surface area contributed by atoms with Gasteiger partial charge in [0.2, 0.25) is 0 Å². The summed E-state index contributed by atoms with van der Waals surface area (Å²) < 4.78 is 0. The second-order valence-electron chi connectivity index (χ2n) is 5.40.